The Morgan fingerprint density at radius 2 is 1.81 bits per heavy atom. The lowest BCUT2D eigenvalue weighted by Crippen LogP contribution is -2.41. The minimum atomic E-state index is -1.36. The van der Waals surface area contributed by atoms with E-state index < -0.39 is 17.5 Å². The van der Waals surface area contributed by atoms with Gasteiger partial charge in [0, 0.05) is 21.2 Å². The molecule has 2 aromatic carbocycles. The average Bonchev–Trinajstić information content (AvgIpc) is 2.80. The number of hydrogen-bond donors (Lipinski definition) is 1. The van der Waals surface area contributed by atoms with E-state index in [0.29, 0.717) is 16.1 Å². The zero-order valence-electron chi connectivity index (χ0n) is 15.1. The molecular weight excluding hydrogens is 387 g/mol. The summed E-state index contributed by atoms with van der Waals surface area (Å²) in [6.07, 6.45) is 0. The SMILES string of the molecule is Cc1ccc(C)c(C(=O)CN2C(=O)N[C@@](C)(c3ccc(Cl)cc3Cl)C2=O)c1. The van der Waals surface area contributed by atoms with Crippen LogP contribution in [0.3, 0.4) is 0 Å². The molecule has 1 fully saturated rings. The molecule has 0 unspecified atom stereocenters. The van der Waals surface area contributed by atoms with Crippen LogP contribution in [0.2, 0.25) is 10.0 Å². The molecule has 1 N–H and O–H groups in total. The second kappa shape index (κ2) is 6.98. The summed E-state index contributed by atoms with van der Waals surface area (Å²) in [5, 5.41) is 3.33. The van der Waals surface area contributed by atoms with Crippen LogP contribution in [0, 0.1) is 13.8 Å². The Bertz CT molecular complexity index is 974. The maximum Gasteiger partial charge on any atom is 0.325 e. The van der Waals surface area contributed by atoms with Gasteiger partial charge >= 0.3 is 6.03 Å². The maximum absolute atomic E-state index is 13.0. The summed E-state index contributed by atoms with van der Waals surface area (Å²) in [4.78, 5) is 39.1. The molecule has 0 radical (unpaired) electrons. The van der Waals surface area contributed by atoms with E-state index in [1.807, 2.05) is 26.0 Å². The number of nitrogens with one attached hydrogen (secondary N) is 1. The summed E-state index contributed by atoms with van der Waals surface area (Å²) in [5.41, 5.74) is 1.28. The van der Waals surface area contributed by atoms with E-state index in [0.717, 1.165) is 16.0 Å². The molecular formula is C20H18Cl2N2O3. The number of halogens is 2. The topological polar surface area (TPSA) is 66.5 Å². The van der Waals surface area contributed by atoms with Crippen molar-refractivity contribution in [1.29, 1.82) is 0 Å². The van der Waals surface area contributed by atoms with Gasteiger partial charge in [0.1, 0.15) is 5.54 Å². The number of urea groups is 1. The summed E-state index contributed by atoms with van der Waals surface area (Å²) in [7, 11) is 0. The Labute approximate surface area is 167 Å². The molecule has 7 heteroatoms. The van der Waals surface area contributed by atoms with Crippen molar-refractivity contribution in [3.8, 4) is 0 Å². The molecule has 27 heavy (non-hydrogen) atoms. The number of Topliss-reactive ketones (excluding diaryl/α,β-unsaturated/α-hetero) is 1. The molecule has 0 aliphatic carbocycles. The van der Waals surface area contributed by atoms with Gasteiger partial charge in [-0.25, -0.2) is 4.79 Å². The third kappa shape index (κ3) is 3.45. The first-order chi connectivity index (χ1) is 12.6. The number of benzene rings is 2. The van der Waals surface area contributed by atoms with Gasteiger partial charge in [-0.05, 0) is 44.5 Å². The molecule has 1 atom stereocenters. The molecule has 1 aliphatic rings. The normalized spacial score (nSPS) is 19.4. The third-order valence-electron chi connectivity index (χ3n) is 4.74. The van der Waals surface area contributed by atoms with Crippen molar-refractivity contribution in [2.24, 2.45) is 0 Å². The van der Waals surface area contributed by atoms with Crippen molar-refractivity contribution in [3.63, 3.8) is 0 Å². The lowest BCUT2D eigenvalue weighted by molar-refractivity contribution is -0.130. The minimum absolute atomic E-state index is 0.265. The molecule has 0 bridgehead atoms. The number of rotatable bonds is 4. The molecule has 0 saturated carbocycles. The van der Waals surface area contributed by atoms with Crippen molar-refractivity contribution in [3.05, 3.63) is 68.7 Å². The van der Waals surface area contributed by atoms with Gasteiger partial charge in [-0.2, -0.15) is 0 Å². The van der Waals surface area contributed by atoms with Crippen molar-refractivity contribution in [1.82, 2.24) is 10.2 Å². The van der Waals surface area contributed by atoms with Crippen molar-refractivity contribution < 1.29 is 14.4 Å². The molecule has 1 heterocycles. The highest BCUT2D eigenvalue weighted by atomic mass is 35.5. The van der Waals surface area contributed by atoms with Crippen LogP contribution in [-0.2, 0) is 10.3 Å². The largest absolute Gasteiger partial charge is 0.325 e. The number of ketones is 1. The van der Waals surface area contributed by atoms with Gasteiger partial charge in [-0.15, -0.1) is 0 Å². The number of hydrogen-bond acceptors (Lipinski definition) is 3. The van der Waals surface area contributed by atoms with Gasteiger partial charge in [0.05, 0.1) is 6.54 Å². The van der Waals surface area contributed by atoms with E-state index in [2.05, 4.69) is 5.32 Å². The molecule has 3 amide bonds. The van der Waals surface area contributed by atoms with Crippen LogP contribution in [0.1, 0.15) is 34.0 Å². The monoisotopic (exact) mass is 404 g/mol. The fourth-order valence-corrected chi connectivity index (χ4v) is 3.78. The van der Waals surface area contributed by atoms with Crippen molar-refractivity contribution in [2.45, 2.75) is 26.3 Å². The lowest BCUT2D eigenvalue weighted by Gasteiger charge is -2.23. The Morgan fingerprint density at radius 3 is 2.48 bits per heavy atom. The Morgan fingerprint density at radius 1 is 1.11 bits per heavy atom. The molecule has 0 aromatic heterocycles. The number of nitrogens with zero attached hydrogens (tertiary/aromatic N) is 1. The molecule has 0 spiro atoms. The van der Waals surface area contributed by atoms with E-state index in [-0.39, 0.29) is 17.4 Å². The van der Waals surface area contributed by atoms with Crippen LogP contribution < -0.4 is 5.32 Å². The van der Waals surface area contributed by atoms with Crippen LogP contribution in [0.5, 0.6) is 0 Å². The predicted octanol–water partition coefficient (Wildman–Crippen LogP) is 4.26. The van der Waals surface area contributed by atoms with E-state index in [1.54, 1.807) is 25.1 Å². The highest BCUT2D eigenvalue weighted by molar-refractivity contribution is 6.35. The van der Waals surface area contributed by atoms with E-state index in [4.69, 9.17) is 23.2 Å². The molecule has 2 aromatic rings. The lowest BCUT2D eigenvalue weighted by atomic mass is 9.92. The molecule has 1 saturated heterocycles. The average molecular weight is 405 g/mol. The van der Waals surface area contributed by atoms with Gasteiger partial charge in [0.2, 0.25) is 0 Å². The smallest absolute Gasteiger partial charge is 0.319 e. The number of aryl methyl sites for hydroxylation is 2. The summed E-state index contributed by atoms with van der Waals surface area (Å²) in [6.45, 7) is 4.92. The van der Waals surface area contributed by atoms with Crippen LogP contribution in [0.25, 0.3) is 0 Å². The highest BCUT2D eigenvalue weighted by Crippen LogP contribution is 2.35. The summed E-state index contributed by atoms with van der Waals surface area (Å²) >= 11 is 12.1. The maximum atomic E-state index is 13.0. The van der Waals surface area contributed by atoms with Crippen LogP contribution in [-0.4, -0.2) is 29.2 Å². The number of imide groups is 1. The Kier molecular flexibility index (Phi) is 5.02. The van der Waals surface area contributed by atoms with Crippen LogP contribution >= 0.6 is 23.2 Å². The van der Waals surface area contributed by atoms with Gasteiger partial charge in [-0.1, -0.05) is 47.0 Å². The van der Waals surface area contributed by atoms with E-state index >= 15 is 0 Å². The zero-order valence-corrected chi connectivity index (χ0v) is 16.6. The second-order valence-corrected chi connectivity index (χ2v) is 7.66. The zero-order chi connectivity index (χ0) is 19.9. The number of carbonyl (C=O) groups excluding carboxylic acids is 3. The minimum Gasteiger partial charge on any atom is -0.319 e. The van der Waals surface area contributed by atoms with Crippen molar-refractivity contribution in [2.75, 3.05) is 6.54 Å². The van der Waals surface area contributed by atoms with Gasteiger partial charge in [-0.3, -0.25) is 14.5 Å². The van der Waals surface area contributed by atoms with Gasteiger partial charge in [0.25, 0.3) is 5.91 Å². The van der Waals surface area contributed by atoms with E-state index in [1.165, 1.54) is 6.07 Å². The molecule has 5 nitrogen and oxygen atoms in total. The fraction of sp³-hybridized carbons (Fsp3) is 0.250. The first-order valence-corrected chi connectivity index (χ1v) is 9.09. The third-order valence-corrected chi connectivity index (χ3v) is 5.29. The van der Waals surface area contributed by atoms with Crippen LogP contribution in [0.4, 0.5) is 4.79 Å². The fourth-order valence-electron chi connectivity index (χ4n) is 3.18. The first-order valence-electron chi connectivity index (χ1n) is 8.33. The van der Waals surface area contributed by atoms with Crippen molar-refractivity contribution >= 4 is 40.9 Å². The number of amides is 3. The van der Waals surface area contributed by atoms with Gasteiger partial charge in [0.15, 0.2) is 5.78 Å². The predicted molar refractivity (Wildman–Crippen MR) is 104 cm³/mol. The molecule has 140 valence electrons. The standard InChI is InChI=1S/C20H18Cl2N2O3/c1-11-4-5-12(2)14(8-11)17(25)10-24-18(26)20(3,23-19(24)27)15-7-6-13(21)9-16(15)22/h4-9H,10H2,1-3H3,(H,23,27)/t20-/m0/s1. The quantitative estimate of drug-likeness (QED) is 0.611. The number of carbonyl (C=O) groups is 3. The Balaban J connectivity index is 1.90. The first kappa shape index (κ1) is 19.4. The molecule has 1 aliphatic heterocycles. The molecule has 3 rings (SSSR count). The highest BCUT2D eigenvalue weighted by Gasteiger charge is 2.50. The van der Waals surface area contributed by atoms with Crippen LogP contribution in [0.15, 0.2) is 36.4 Å². The second-order valence-electron chi connectivity index (χ2n) is 6.81. The van der Waals surface area contributed by atoms with E-state index in [9.17, 15) is 14.4 Å². The Hall–Kier alpha value is -2.37. The summed E-state index contributed by atoms with van der Waals surface area (Å²) in [5.74, 6) is -0.832. The van der Waals surface area contributed by atoms with Gasteiger partial charge < -0.3 is 5.32 Å². The summed E-state index contributed by atoms with van der Waals surface area (Å²) in [6, 6.07) is 9.56. The summed E-state index contributed by atoms with van der Waals surface area (Å²) < 4.78 is 0.